The maximum absolute atomic E-state index is 13.4. The highest BCUT2D eigenvalue weighted by molar-refractivity contribution is 5.42. The molecule has 0 saturated carbocycles. The standard InChI is InChI=1S/C13H15F2N3/c1-3-18-8-9(2)13(17-18)16-7-10-6-11(14)4-5-12(10)15/h4-6,8H,3,7H2,1-2H3,(H,16,17). The third-order valence-corrected chi connectivity index (χ3v) is 2.72. The molecule has 3 nitrogen and oxygen atoms in total. The lowest BCUT2D eigenvalue weighted by atomic mass is 10.2. The summed E-state index contributed by atoms with van der Waals surface area (Å²) in [5.74, 6) is -0.166. The van der Waals surface area contributed by atoms with Gasteiger partial charge in [0.2, 0.25) is 0 Å². The van der Waals surface area contributed by atoms with E-state index in [1.54, 1.807) is 4.68 Å². The van der Waals surface area contributed by atoms with Crippen molar-refractivity contribution in [1.29, 1.82) is 0 Å². The Labute approximate surface area is 104 Å². The van der Waals surface area contributed by atoms with Crippen molar-refractivity contribution in [3.63, 3.8) is 0 Å². The highest BCUT2D eigenvalue weighted by Crippen LogP contribution is 2.15. The average molecular weight is 251 g/mol. The quantitative estimate of drug-likeness (QED) is 0.904. The summed E-state index contributed by atoms with van der Waals surface area (Å²) in [7, 11) is 0. The predicted molar refractivity (Wildman–Crippen MR) is 66.3 cm³/mol. The molecule has 0 amide bonds. The van der Waals surface area contributed by atoms with Crippen molar-refractivity contribution < 1.29 is 8.78 Å². The van der Waals surface area contributed by atoms with Gasteiger partial charge in [0.05, 0.1) is 0 Å². The van der Waals surface area contributed by atoms with Crippen LogP contribution in [0.15, 0.2) is 24.4 Å². The van der Waals surface area contributed by atoms with Crippen LogP contribution in [-0.2, 0) is 13.1 Å². The number of hydrogen-bond acceptors (Lipinski definition) is 2. The summed E-state index contributed by atoms with van der Waals surface area (Å²) in [4.78, 5) is 0. The van der Waals surface area contributed by atoms with Gasteiger partial charge in [-0.05, 0) is 32.0 Å². The lowest BCUT2D eigenvalue weighted by molar-refractivity contribution is 0.587. The second-order valence-electron chi connectivity index (χ2n) is 4.11. The minimum Gasteiger partial charge on any atom is -0.364 e. The fourth-order valence-corrected chi connectivity index (χ4v) is 1.72. The van der Waals surface area contributed by atoms with Crippen LogP contribution in [0.4, 0.5) is 14.6 Å². The number of rotatable bonds is 4. The molecule has 0 aliphatic heterocycles. The molecule has 0 fully saturated rings. The van der Waals surface area contributed by atoms with Gasteiger partial charge >= 0.3 is 0 Å². The molecular formula is C13H15F2N3. The van der Waals surface area contributed by atoms with Crippen LogP contribution < -0.4 is 5.32 Å². The van der Waals surface area contributed by atoms with Gasteiger partial charge in [0, 0.05) is 30.4 Å². The van der Waals surface area contributed by atoms with Gasteiger partial charge in [-0.1, -0.05) is 0 Å². The molecule has 1 heterocycles. The molecule has 0 aliphatic rings. The van der Waals surface area contributed by atoms with Gasteiger partial charge in [-0.3, -0.25) is 4.68 Å². The molecule has 0 bridgehead atoms. The number of anilines is 1. The average Bonchev–Trinajstić information content (AvgIpc) is 2.71. The third-order valence-electron chi connectivity index (χ3n) is 2.72. The van der Waals surface area contributed by atoms with Crippen LogP contribution in [0.25, 0.3) is 0 Å². The van der Waals surface area contributed by atoms with E-state index in [9.17, 15) is 8.78 Å². The molecule has 0 atom stereocenters. The van der Waals surface area contributed by atoms with E-state index in [-0.39, 0.29) is 6.54 Å². The fourth-order valence-electron chi connectivity index (χ4n) is 1.72. The van der Waals surface area contributed by atoms with Crippen LogP contribution in [0, 0.1) is 18.6 Å². The molecule has 5 heteroatoms. The van der Waals surface area contributed by atoms with Crippen molar-refractivity contribution in [2.45, 2.75) is 26.9 Å². The highest BCUT2D eigenvalue weighted by atomic mass is 19.1. The molecule has 2 aromatic rings. The van der Waals surface area contributed by atoms with E-state index < -0.39 is 11.6 Å². The molecule has 2 rings (SSSR count). The van der Waals surface area contributed by atoms with Crippen LogP contribution in [0.5, 0.6) is 0 Å². The zero-order valence-corrected chi connectivity index (χ0v) is 10.4. The number of aromatic nitrogens is 2. The van der Waals surface area contributed by atoms with Gasteiger partial charge < -0.3 is 5.32 Å². The molecule has 0 spiro atoms. The summed E-state index contributed by atoms with van der Waals surface area (Å²) >= 11 is 0. The first-order valence-corrected chi connectivity index (χ1v) is 5.82. The Morgan fingerprint density at radius 2 is 2.11 bits per heavy atom. The summed E-state index contributed by atoms with van der Waals surface area (Å²) in [6, 6.07) is 3.42. The Kier molecular flexibility index (Phi) is 3.60. The SMILES string of the molecule is CCn1cc(C)c(NCc2cc(F)ccc2F)n1. The Bertz CT molecular complexity index is 549. The first kappa shape index (κ1) is 12.5. The monoisotopic (exact) mass is 251 g/mol. The topological polar surface area (TPSA) is 29.9 Å². The van der Waals surface area contributed by atoms with Gasteiger partial charge in [-0.15, -0.1) is 0 Å². The molecule has 18 heavy (non-hydrogen) atoms. The summed E-state index contributed by atoms with van der Waals surface area (Å²) in [5.41, 5.74) is 1.27. The third kappa shape index (κ3) is 2.67. The molecule has 1 aromatic carbocycles. The van der Waals surface area contributed by atoms with E-state index in [0.717, 1.165) is 24.2 Å². The van der Waals surface area contributed by atoms with Crippen molar-refractivity contribution in [2.24, 2.45) is 0 Å². The van der Waals surface area contributed by atoms with E-state index in [1.807, 2.05) is 20.0 Å². The van der Waals surface area contributed by atoms with Crippen LogP contribution >= 0.6 is 0 Å². The van der Waals surface area contributed by atoms with Gasteiger partial charge in [0.25, 0.3) is 0 Å². The fraction of sp³-hybridized carbons (Fsp3) is 0.308. The zero-order chi connectivity index (χ0) is 13.1. The largest absolute Gasteiger partial charge is 0.364 e. The summed E-state index contributed by atoms with van der Waals surface area (Å²) in [6.45, 7) is 4.90. The molecule has 0 saturated heterocycles. The number of aryl methyl sites for hydroxylation is 2. The molecule has 0 radical (unpaired) electrons. The van der Waals surface area contributed by atoms with E-state index in [4.69, 9.17) is 0 Å². The van der Waals surface area contributed by atoms with Crippen molar-refractivity contribution in [2.75, 3.05) is 5.32 Å². The van der Waals surface area contributed by atoms with Gasteiger partial charge in [-0.25, -0.2) is 8.78 Å². The van der Waals surface area contributed by atoms with E-state index >= 15 is 0 Å². The van der Waals surface area contributed by atoms with Crippen molar-refractivity contribution in [1.82, 2.24) is 9.78 Å². The smallest absolute Gasteiger partial charge is 0.151 e. The first-order valence-electron chi connectivity index (χ1n) is 5.82. The van der Waals surface area contributed by atoms with Crippen LogP contribution in [0.3, 0.4) is 0 Å². The molecule has 96 valence electrons. The van der Waals surface area contributed by atoms with Crippen LogP contribution in [0.2, 0.25) is 0 Å². The second-order valence-corrected chi connectivity index (χ2v) is 4.11. The molecule has 0 unspecified atom stereocenters. The van der Waals surface area contributed by atoms with E-state index in [2.05, 4.69) is 10.4 Å². The number of hydrogen-bond donors (Lipinski definition) is 1. The Hall–Kier alpha value is -1.91. The van der Waals surface area contributed by atoms with Gasteiger partial charge in [-0.2, -0.15) is 5.10 Å². The van der Waals surface area contributed by atoms with Crippen LogP contribution in [0.1, 0.15) is 18.1 Å². The number of nitrogens with zero attached hydrogens (tertiary/aromatic N) is 2. The lowest BCUT2D eigenvalue weighted by Crippen LogP contribution is -2.04. The molecule has 1 aromatic heterocycles. The molecule has 0 aliphatic carbocycles. The van der Waals surface area contributed by atoms with Gasteiger partial charge in [0.15, 0.2) is 5.82 Å². The first-order chi connectivity index (χ1) is 8.60. The summed E-state index contributed by atoms with van der Waals surface area (Å²) in [5, 5.41) is 7.30. The van der Waals surface area contributed by atoms with Crippen molar-refractivity contribution >= 4 is 5.82 Å². The number of benzene rings is 1. The number of halogens is 2. The van der Waals surface area contributed by atoms with E-state index in [0.29, 0.717) is 11.4 Å². The Morgan fingerprint density at radius 3 is 2.78 bits per heavy atom. The normalized spacial score (nSPS) is 10.7. The van der Waals surface area contributed by atoms with E-state index in [1.165, 1.54) is 6.07 Å². The lowest BCUT2D eigenvalue weighted by Gasteiger charge is -2.05. The maximum atomic E-state index is 13.4. The Morgan fingerprint density at radius 1 is 1.33 bits per heavy atom. The number of nitrogens with one attached hydrogen (secondary N) is 1. The molecular weight excluding hydrogens is 236 g/mol. The minimum atomic E-state index is -0.441. The maximum Gasteiger partial charge on any atom is 0.151 e. The summed E-state index contributed by atoms with van der Waals surface area (Å²) < 4.78 is 28.2. The van der Waals surface area contributed by atoms with Crippen LogP contribution in [-0.4, -0.2) is 9.78 Å². The van der Waals surface area contributed by atoms with Crippen molar-refractivity contribution in [3.8, 4) is 0 Å². The summed E-state index contributed by atoms with van der Waals surface area (Å²) in [6.07, 6.45) is 1.91. The second kappa shape index (κ2) is 5.16. The predicted octanol–water partition coefficient (Wildman–Crippen LogP) is 3.10. The Balaban J connectivity index is 2.11. The zero-order valence-electron chi connectivity index (χ0n) is 10.4. The van der Waals surface area contributed by atoms with Gasteiger partial charge in [0.1, 0.15) is 11.6 Å². The van der Waals surface area contributed by atoms with Crippen molar-refractivity contribution in [3.05, 3.63) is 47.2 Å². The minimum absolute atomic E-state index is 0.213. The highest BCUT2D eigenvalue weighted by Gasteiger charge is 2.07. The molecule has 1 N–H and O–H groups in total.